The van der Waals surface area contributed by atoms with Gasteiger partial charge in [0.2, 0.25) is 5.91 Å². The molecule has 2 N–H and O–H groups in total. The van der Waals surface area contributed by atoms with Gasteiger partial charge in [-0.3, -0.25) is 9.48 Å². The van der Waals surface area contributed by atoms with Crippen molar-refractivity contribution in [2.45, 2.75) is 31.9 Å². The number of halogens is 1. The molecule has 6 nitrogen and oxygen atoms in total. The third-order valence-corrected chi connectivity index (χ3v) is 5.41. The zero-order valence-corrected chi connectivity index (χ0v) is 15.0. The quantitative estimate of drug-likeness (QED) is 0.766. The summed E-state index contributed by atoms with van der Waals surface area (Å²) in [5.74, 6) is 0.364. The molecule has 0 radical (unpaired) electrons. The Kier molecular flexibility index (Phi) is 3.82. The molecule has 7 heteroatoms. The van der Waals surface area contributed by atoms with Crippen molar-refractivity contribution in [3.63, 3.8) is 0 Å². The number of aromatic nitrogens is 3. The van der Waals surface area contributed by atoms with Crippen LogP contribution in [0.3, 0.4) is 0 Å². The molecule has 4 rings (SSSR count). The number of rotatable bonds is 2. The second-order valence-corrected chi connectivity index (χ2v) is 7.14. The summed E-state index contributed by atoms with van der Waals surface area (Å²) in [5.41, 5.74) is 6.97. The molecule has 1 aliphatic heterocycles. The zero-order valence-electron chi connectivity index (χ0n) is 15.0. The van der Waals surface area contributed by atoms with E-state index in [1.807, 2.05) is 31.3 Å². The number of piperidine rings is 1. The topological polar surface area (TPSA) is 77.0 Å². The van der Waals surface area contributed by atoms with Gasteiger partial charge in [-0.25, -0.2) is 9.37 Å². The number of nitrogens with zero attached hydrogens (tertiary/aromatic N) is 4. The maximum Gasteiger partial charge on any atom is 0.219 e. The van der Waals surface area contributed by atoms with Crippen LogP contribution < -0.4 is 5.73 Å². The molecule has 0 bridgehead atoms. The van der Waals surface area contributed by atoms with Crippen molar-refractivity contribution in [1.82, 2.24) is 19.7 Å². The fourth-order valence-electron chi connectivity index (χ4n) is 3.89. The van der Waals surface area contributed by atoms with E-state index in [9.17, 15) is 4.79 Å². The number of carbonyl (C=O) groups is 1. The fourth-order valence-corrected chi connectivity index (χ4v) is 3.89. The summed E-state index contributed by atoms with van der Waals surface area (Å²) >= 11 is 0. The van der Waals surface area contributed by atoms with Crippen molar-refractivity contribution < 1.29 is 9.18 Å². The molecule has 3 aromatic rings. The normalized spacial score (nSPS) is 17.1. The molecule has 0 aliphatic carbocycles. The molecule has 1 aliphatic rings. The van der Waals surface area contributed by atoms with Gasteiger partial charge < -0.3 is 10.6 Å². The second kappa shape index (κ2) is 5.93. The van der Waals surface area contributed by atoms with Gasteiger partial charge >= 0.3 is 0 Å². The van der Waals surface area contributed by atoms with E-state index in [1.54, 1.807) is 9.58 Å². The molecule has 3 heterocycles. The van der Waals surface area contributed by atoms with Gasteiger partial charge in [0.15, 0.2) is 5.82 Å². The fraction of sp³-hybridized carbons (Fsp3) is 0.421. The summed E-state index contributed by atoms with van der Waals surface area (Å²) in [6, 6.07) is 7.72. The molecule has 136 valence electrons. The zero-order chi connectivity index (χ0) is 18.5. The average molecular weight is 355 g/mol. The number of anilines is 1. The number of benzene rings is 1. The third-order valence-electron chi connectivity index (χ3n) is 5.41. The molecule has 26 heavy (non-hydrogen) atoms. The van der Waals surface area contributed by atoms with Crippen LogP contribution in [-0.4, -0.2) is 44.3 Å². The lowest BCUT2D eigenvalue weighted by Gasteiger charge is -2.36. The Morgan fingerprint density at radius 2 is 2.00 bits per heavy atom. The summed E-state index contributed by atoms with van der Waals surface area (Å²) in [6.45, 7) is 2.43. The third kappa shape index (κ3) is 2.67. The van der Waals surface area contributed by atoms with E-state index in [-0.39, 0.29) is 12.3 Å². The smallest absolute Gasteiger partial charge is 0.219 e. The van der Waals surface area contributed by atoms with Crippen LogP contribution in [0.25, 0.3) is 21.8 Å². The SMILES string of the molecule is CC(=O)N1CCC(F)(Cc2c3c(nn2C)c(N)nc2ccccc23)CC1. The molecular weight excluding hydrogens is 333 g/mol. The Morgan fingerprint density at radius 3 is 2.69 bits per heavy atom. The maximum atomic E-state index is 15.6. The van der Waals surface area contributed by atoms with Gasteiger partial charge in [-0.05, 0) is 18.9 Å². The first-order valence-electron chi connectivity index (χ1n) is 8.82. The largest absolute Gasteiger partial charge is 0.382 e. The molecule has 1 fully saturated rings. The highest BCUT2D eigenvalue weighted by atomic mass is 19.1. The van der Waals surface area contributed by atoms with E-state index >= 15 is 4.39 Å². The van der Waals surface area contributed by atoms with Gasteiger partial charge in [0, 0.05) is 49.9 Å². The molecule has 1 amide bonds. The van der Waals surface area contributed by atoms with Crippen molar-refractivity contribution >= 4 is 33.5 Å². The van der Waals surface area contributed by atoms with Crippen LogP contribution in [-0.2, 0) is 18.3 Å². The van der Waals surface area contributed by atoms with E-state index in [2.05, 4.69) is 10.1 Å². The van der Waals surface area contributed by atoms with Gasteiger partial charge in [0.05, 0.1) is 5.52 Å². The number of pyridine rings is 1. The van der Waals surface area contributed by atoms with E-state index in [0.717, 1.165) is 22.0 Å². The van der Waals surface area contributed by atoms with Gasteiger partial charge in [-0.1, -0.05) is 18.2 Å². The summed E-state index contributed by atoms with van der Waals surface area (Å²) in [4.78, 5) is 17.6. The molecule has 0 atom stereocenters. The highest BCUT2D eigenvalue weighted by Crippen LogP contribution is 2.36. The number of nitrogens with two attached hydrogens (primary N) is 1. The number of fused-ring (bicyclic) bond motifs is 3. The summed E-state index contributed by atoms with van der Waals surface area (Å²) in [6.07, 6.45) is 0.911. The van der Waals surface area contributed by atoms with Crippen molar-refractivity contribution in [3.8, 4) is 0 Å². The average Bonchev–Trinajstić information content (AvgIpc) is 2.92. The standard InChI is InChI=1S/C19H22FN5O/c1-12(26)25-9-7-19(20,8-10-25)11-15-16-13-5-3-4-6-14(13)22-18(21)17(16)23-24(15)2/h3-6H,7-11H2,1-2H3,(H2,21,22). The monoisotopic (exact) mass is 355 g/mol. The first-order valence-corrected chi connectivity index (χ1v) is 8.82. The van der Waals surface area contributed by atoms with Crippen LogP contribution in [0, 0.1) is 0 Å². The minimum Gasteiger partial charge on any atom is -0.382 e. The lowest BCUT2D eigenvalue weighted by atomic mass is 9.87. The van der Waals surface area contributed by atoms with Gasteiger partial charge in [0.25, 0.3) is 0 Å². The minimum atomic E-state index is -1.36. The van der Waals surface area contributed by atoms with Crippen LogP contribution in [0.5, 0.6) is 0 Å². The van der Waals surface area contributed by atoms with Crippen molar-refractivity contribution in [2.75, 3.05) is 18.8 Å². The van der Waals surface area contributed by atoms with Crippen molar-refractivity contribution in [2.24, 2.45) is 7.05 Å². The number of likely N-dealkylation sites (tertiary alicyclic amines) is 1. The van der Waals surface area contributed by atoms with E-state index in [0.29, 0.717) is 37.3 Å². The first-order chi connectivity index (χ1) is 12.4. The number of aryl methyl sites for hydroxylation is 1. The number of hydrogen-bond acceptors (Lipinski definition) is 4. The number of nitrogen functional groups attached to an aromatic ring is 1. The van der Waals surface area contributed by atoms with E-state index in [1.165, 1.54) is 6.92 Å². The number of amides is 1. The lowest BCUT2D eigenvalue weighted by molar-refractivity contribution is -0.131. The first kappa shape index (κ1) is 16.8. The summed E-state index contributed by atoms with van der Waals surface area (Å²) in [5, 5.41) is 6.31. The molecule has 1 saturated heterocycles. The van der Waals surface area contributed by atoms with Crippen LogP contribution in [0.4, 0.5) is 10.2 Å². The van der Waals surface area contributed by atoms with Crippen LogP contribution in [0.2, 0.25) is 0 Å². The Balaban J connectivity index is 1.77. The number of para-hydroxylation sites is 1. The number of alkyl halides is 1. The minimum absolute atomic E-state index is 0.00266. The Morgan fingerprint density at radius 1 is 1.31 bits per heavy atom. The maximum absolute atomic E-state index is 15.6. The molecular formula is C19H22FN5O. The highest BCUT2D eigenvalue weighted by molar-refractivity contribution is 6.09. The lowest BCUT2D eigenvalue weighted by Crippen LogP contribution is -2.45. The highest BCUT2D eigenvalue weighted by Gasteiger charge is 2.37. The predicted molar refractivity (Wildman–Crippen MR) is 99.5 cm³/mol. The Hall–Kier alpha value is -2.70. The van der Waals surface area contributed by atoms with Gasteiger partial charge in [-0.2, -0.15) is 5.10 Å². The summed E-state index contributed by atoms with van der Waals surface area (Å²) in [7, 11) is 1.82. The second-order valence-electron chi connectivity index (χ2n) is 7.14. The van der Waals surface area contributed by atoms with Crippen LogP contribution in [0.15, 0.2) is 24.3 Å². The van der Waals surface area contributed by atoms with Crippen molar-refractivity contribution in [3.05, 3.63) is 30.0 Å². The number of carbonyl (C=O) groups excluding carboxylic acids is 1. The molecule has 1 aromatic carbocycles. The van der Waals surface area contributed by atoms with Gasteiger partial charge in [-0.15, -0.1) is 0 Å². The van der Waals surface area contributed by atoms with Crippen molar-refractivity contribution in [1.29, 1.82) is 0 Å². The molecule has 0 saturated carbocycles. The predicted octanol–water partition coefficient (Wildman–Crippen LogP) is 2.60. The number of hydrogen-bond donors (Lipinski definition) is 1. The molecule has 2 aromatic heterocycles. The Bertz CT molecular complexity index is 1000. The van der Waals surface area contributed by atoms with Crippen LogP contribution in [0.1, 0.15) is 25.5 Å². The Labute approximate surface area is 150 Å². The van der Waals surface area contributed by atoms with E-state index < -0.39 is 5.67 Å². The van der Waals surface area contributed by atoms with E-state index in [4.69, 9.17) is 5.73 Å². The summed E-state index contributed by atoms with van der Waals surface area (Å²) < 4.78 is 17.3. The molecule has 0 spiro atoms. The van der Waals surface area contributed by atoms with Gasteiger partial charge in [0.1, 0.15) is 11.2 Å². The van der Waals surface area contributed by atoms with Crippen LogP contribution >= 0.6 is 0 Å². The molecule has 0 unspecified atom stereocenters.